The fourth-order valence-corrected chi connectivity index (χ4v) is 4.03. The molecule has 0 saturated carbocycles. The molecule has 0 spiro atoms. The van der Waals surface area contributed by atoms with Crippen molar-refractivity contribution in [3.63, 3.8) is 0 Å². The fraction of sp³-hybridized carbons (Fsp3) is 0.115. The van der Waals surface area contributed by atoms with Crippen molar-refractivity contribution in [2.45, 2.75) is 6.92 Å². The summed E-state index contributed by atoms with van der Waals surface area (Å²) in [6.07, 6.45) is 6.20. The van der Waals surface area contributed by atoms with Gasteiger partial charge >= 0.3 is 0 Å². The van der Waals surface area contributed by atoms with Crippen LogP contribution in [0.4, 0.5) is 5.82 Å². The standard InChI is InChI=1S/C26H22ClN7O3/c1-16-11-23(31-24(35)10-8-17-7-9-21(36-2)22(12-17)37-3)34(32-16)26-20-14-30-33(25(20)28-15-29-26)19-6-4-5-18(27)13-19/h4-15H,1-3H3,(H,31,35)/b10-8+. The Bertz CT molecular complexity index is 1640. The Labute approximate surface area is 217 Å². The first-order valence-electron chi connectivity index (χ1n) is 11.2. The van der Waals surface area contributed by atoms with E-state index >= 15 is 0 Å². The third kappa shape index (κ3) is 4.87. The summed E-state index contributed by atoms with van der Waals surface area (Å²) in [5.41, 5.74) is 2.82. The van der Waals surface area contributed by atoms with E-state index in [1.165, 1.54) is 12.4 Å². The average molecular weight is 516 g/mol. The second-order valence-corrected chi connectivity index (χ2v) is 8.43. The van der Waals surface area contributed by atoms with Crippen molar-refractivity contribution in [3.8, 4) is 23.0 Å². The predicted molar refractivity (Wildman–Crippen MR) is 141 cm³/mol. The molecule has 0 saturated heterocycles. The van der Waals surface area contributed by atoms with Crippen LogP contribution in [-0.4, -0.2) is 49.7 Å². The third-order valence-electron chi connectivity index (χ3n) is 5.52. The van der Waals surface area contributed by atoms with E-state index in [9.17, 15) is 4.79 Å². The molecule has 3 aromatic heterocycles. The summed E-state index contributed by atoms with van der Waals surface area (Å²) in [7, 11) is 3.13. The molecular weight excluding hydrogens is 494 g/mol. The highest BCUT2D eigenvalue weighted by Gasteiger charge is 2.17. The van der Waals surface area contributed by atoms with Gasteiger partial charge in [0.1, 0.15) is 12.1 Å². The van der Waals surface area contributed by atoms with E-state index < -0.39 is 0 Å². The number of amides is 1. The maximum atomic E-state index is 12.8. The first-order chi connectivity index (χ1) is 18.0. The Kier molecular flexibility index (Phi) is 6.57. The molecule has 0 radical (unpaired) electrons. The third-order valence-corrected chi connectivity index (χ3v) is 5.75. The maximum absolute atomic E-state index is 12.8. The lowest BCUT2D eigenvalue weighted by Gasteiger charge is -2.09. The number of benzene rings is 2. The van der Waals surface area contributed by atoms with E-state index in [-0.39, 0.29) is 5.91 Å². The van der Waals surface area contributed by atoms with Crippen molar-refractivity contribution >= 4 is 40.4 Å². The van der Waals surface area contributed by atoms with Crippen molar-refractivity contribution in [2.24, 2.45) is 0 Å². The molecule has 0 unspecified atom stereocenters. The van der Waals surface area contributed by atoms with E-state index in [4.69, 9.17) is 21.1 Å². The molecule has 0 aliphatic heterocycles. The molecule has 1 N–H and O–H groups in total. The van der Waals surface area contributed by atoms with Crippen LogP contribution >= 0.6 is 11.6 Å². The van der Waals surface area contributed by atoms with Gasteiger partial charge < -0.3 is 14.8 Å². The molecule has 0 aliphatic carbocycles. The van der Waals surface area contributed by atoms with Crippen LogP contribution in [0.1, 0.15) is 11.3 Å². The smallest absolute Gasteiger partial charge is 0.249 e. The minimum Gasteiger partial charge on any atom is -0.493 e. The number of rotatable bonds is 7. The molecule has 10 nitrogen and oxygen atoms in total. The summed E-state index contributed by atoms with van der Waals surface area (Å²) in [6, 6.07) is 14.5. The molecule has 0 fully saturated rings. The van der Waals surface area contributed by atoms with E-state index in [0.29, 0.717) is 44.9 Å². The first kappa shape index (κ1) is 24.0. The Hall–Kier alpha value is -4.70. The number of halogens is 1. The molecule has 0 bridgehead atoms. The molecule has 1 amide bonds. The normalized spacial score (nSPS) is 11.2. The van der Waals surface area contributed by atoms with Crippen LogP contribution in [0.3, 0.4) is 0 Å². The molecule has 186 valence electrons. The van der Waals surface area contributed by atoms with Gasteiger partial charge in [-0.2, -0.15) is 14.9 Å². The molecule has 5 aromatic rings. The van der Waals surface area contributed by atoms with E-state index in [1.807, 2.05) is 25.1 Å². The molecule has 37 heavy (non-hydrogen) atoms. The van der Waals surface area contributed by atoms with Gasteiger partial charge in [-0.1, -0.05) is 23.7 Å². The summed E-state index contributed by atoms with van der Waals surface area (Å²) < 4.78 is 13.8. The molecule has 0 aliphatic rings. The highest BCUT2D eigenvalue weighted by Crippen LogP contribution is 2.28. The number of carbonyl (C=O) groups is 1. The van der Waals surface area contributed by atoms with Crippen LogP contribution in [-0.2, 0) is 4.79 Å². The number of aromatic nitrogens is 6. The van der Waals surface area contributed by atoms with Gasteiger partial charge in [-0.15, -0.1) is 0 Å². The zero-order chi connectivity index (χ0) is 25.9. The number of ether oxygens (including phenoxy) is 2. The minimum atomic E-state index is -0.337. The van der Waals surface area contributed by atoms with Crippen LogP contribution in [0, 0.1) is 6.92 Å². The topological polar surface area (TPSA) is 109 Å². The summed E-state index contributed by atoms with van der Waals surface area (Å²) >= 11 is 6.16. The van der Waals surface area contributed by atoms with Crippen molar-refractivity contribution in [1.29, 1.82) is 0 Å². The first-order valence-corrected chi connectivity index (χ1v) is 11.6. The Morgan fingerprint density at radius 3 is 2.65 bits per heavy atom. The number of hydrogen-bond acceptors (Lipinski definition) is 7. The number of hydrogen-bond donors (Lipinski definition) is 1. The summed E-state index contributed by atoms with van der Waals surface area (Å²) in [6.45, 7) is 1.83. The Morgan fingerprint density at radius 2 is 1.86 bits per heavy atom. The highest BCUT2D eigenvalue weighted by molar-refractivity contribution is 6.30. The second-order valence-electron chi connectivity index (χ2n) is 7.99. The number of aryl methyl sites for hydroxylation is 1. The number of nitrogens with one attached hydrogen (secondary N) is 1. The molecule has 0 atom stereocenters. The monoisotopic (exact) mass is 515 g/mol. The zero-order valence-corrected chi connectivity index (χ0v) is 21.0. The van der Waals surface area contributed by atoms with E-state index in [2.05, 4.69) is 25.5 Å². The number of anilines is 1. The van der Waals surface area contributed by atoms with Gasteiger partial charge in [-0.05, 0) is 48.9 Å². The van der Waals surface area contributed by atoms with Crippen LogP contribution in [0.25, 0.3) is 28.6 Å². The van der Waals surface area contributed by atoms with Crippen LogP contribution in [0.5, 0.6) is 11.5 Å². The summed E-state index contributed by atoms with van der Waals surface area (Å²) in [4.78, 5) is 21.6. The quantitative estimate of drug-likeness (QED) is 0.315. The Balaban J connectivity index is 1.44. The lowest BCUT2D eigenvalue weighted by atomic mass is 10.2. The van der Waals surface area contributed by atoms with Gasteiger partial charge in [-0.3, -0.25) is 4.79 Å². The molecule has 2 aromatic carbocycles. The van der Waals surface area contributed by atoms with E-state index in [1.54, 1.807) is 66.2 Å². The lowest BCUT2D eigenvalue weighted by molar-refractivity contribution is -0.111. The van der Waals surface area contributed by atoms with Crippen molar-refractivity contribution in [3.05, 3.63) is 83.4 Å². The van der Waals surface area contributed by atoms with Gasteiger partial charge in [0.15, 0.2) is 23.0 Å². The minimum absolute atomic E-state index is 0.337. The maximum Gasteiger partial charge on any atom is 0.249 e. The fourth-order valence-electron chi connectivity index (χ4n) is 3.84. The van der Waals surface area contributed by atoms with E-state index in [0.717, 1.165) is 11.3 Å². The van der Waals surface area contributed by atoms with Gasteiger partial charge in [0.25, 0.3) is 0 Å². The number of carbonyl (C=O) groups excluding carboxylic acids is 1. The number of nitrogens with zero attached hydrogens (tertiary/aromatic N) is 6. The van der Waals surface area contributed by atoms with Crippen LogP contribution in [0.15, 0.2) is 67.1 Å². The average Bonchev–Trinajstić information content (AvgIpc) is 3.50. The largest absolute Gasteiger partial charge is 0.493 e. The lowest BCUT2D eigenvalue weighted by Crippen LogP contribution is -2.13. The van der Waals surface area contributed by atoms with Crippen LogP contribution < -0.4 is 14.8 Å². The van der Waals surface area contributed by atoms with Gasteiger partial charge in [0.05, 0.1) is 37.2 Å². The number of fused-ring (bicyclic) bond motifs is 1. The molecular formula is C26H22ClN7O3. The van der Waals surface area contributed by atoms with Crippen molar-refractivity contribution in [1.82, 2.24) is 29.5 Å². The molecule has 3 heterocycles. The summed E-state index contributed by atoms with van der Waals surface area (Å²) in [5, 5.41) is 13.1. The highest BCUT2D eigenvalue weighted by atomic mass is 35.5. The summed E-state index contributed by atoms with van der Waals surface area (Å²) in [5.74, 6) is 1.78. The molecule has 11 heteroatoms. The second kappa shape index (κ2) is 10.1. The van der Waals surface area contributed by atoms with Gasteiger partial charge in [0.2, 0.25) is 5.91 Å². The van der Waals surface area contributed by atoms with Crippen molar-refractivity contribution in [2.75, 3.05) is 19.5 Å². The number of methoxy groups -OCH3 is 2. The van der Waals surface area contributed by atoms with Gasteiger partial charge in [0, 0.05) is 17.2 Å². The van der Waals surface area contributed by atoms with Crippen molar-refractivity contribution < 1.29 is 14.3 Å². The SMILES string of the molecule is COc1ccc(/C=C/C(=O)Nc2cc(C)nn2-c2ncnc3c2cnn3-c2cccc(Cl)c2)cc1OC. The zero-order valence-electron chi connectivity index (χ0n) is 20.2. The molecule has 5 rings (SSSR count). The van der Waals surface area contributed by atoms with Crippen LogP contribution in [0.2, 0.25) is 5.02 Å². The van der Waals surface area contributed by atoms with Gasteiger partial charge in [-0.25, -0.2) is 14.6 Å². The predicted octanol–water partition coefficient (Wildman–Crippen LogP) is 4.63. The Morgan fingerprint density at radius 1 is 1.03 bits per heavy atom.